The third-order valence-corrected chi connectivity index (χ3v) is 6.08. The number of ketones is 1. The van der Waals surface area contributed by atoms with Gasteiger partial charge in [0, 0.05) is 30.9 Å². The van der Waals surface area contributed by atoms with E-state index in [9.17, 15) is 22.0 Å². The SMILES string of the molecule is CS(=O)(=O)C1CCCC(C(=O)C2CCC(F)(F)C2)C1. The van der Waals surface area contributed by atoms with Gasteiger partial charge < -0.3 is 0 Å². The van der Waals surface area contributed by atoms with Crippen LogP contribution in [0.3, 0.4) is 0 Å². The third kappa shape index (κ3) is 3.52. The molecular formula is C13H20F2O3S. The number of halogens is 2. The third-order valence-electron chi connectivity index (χ3n) is 4.44. The minimum atomic E-state index is -3.14. The average Bonchev–Trinajstić information content (AvgIpc) is 2.68. The van der Waals surface area contributed by atoms with Gasteiger partial charge in [-0.15, -0.1) is 0 Å². The quantitative estimate of drug-likeness (QED) is 0.804. The standard InChI is InChI=1S/C13H20F2O3S/c1-19(17,18)11-4-2-3-9(7-11)12(16)10-5-6-13(14,15)8-10/h9-11H,2-8H2,1H3. The van der Waals surface area contributed by atoms with Crippen molar-refractivity contribution in [3.05, 3.63) is 0 Å². The van der Waals surface area contributed by atoms with Crippen LogP contribution in [0.1, 0.15) is 44.9 Å². The fourth-order valence-electron chi connectivity index (χ4n) is 3.32. The molecule has 0 aliphatic heterocycles. The van der Waals surface area contributed by atoms with E-state index in [1.54, 1.807) is 0 Å². The first-order valence-electron chi connectivity index (χ1n) is 6.79. The molecule has 3 nitrogen and oxygen atoms in total. The van der Waals surface area contributed by atoms with E-state index in [1.807, 2.05) is 0 Å². The number of alkyl halides is 2. The van der Waals surface area contributed by atoms with Crippen molar-refractivity contribution in [2.75, 3.05) is 6.26 Å². The first kappa shape index (κ1) is 14.9. The Morgan fingerprint density at radius 2 is 1.84 bits per heavy atom. The Bertz CT molecular complexity index is 459. The highest BCUT2D eigenvalue weighted by molar-refractivity contribution is 7.91. The van der Waals surface area contributed by atoms with Crippen LogP contribution in [0.5, 0.6) is 0 Å². The Hall–Kier alpha value is -0.520. The Balaban J connectivity index is 2.00. The molecule has 0 spiro atoms. The molecule has 3 unspecified atom stereocenters. The van der Waals surface area contributed by atoms with Crippen LogP contribution in [0.25, 0.3) is 0 Å². The predicted octanol–water partition coefficient (Wildman–Crippen LogP) is 2.59. The summed E-state index contributed by atoms with van der Waals surface area (Å²) >= 11 is 0. The topological polar surface area (TPSA) is 51.2 Å². The first-order chi connectivity index (χ1) is 8.69. The van der Waals surface area contributed by atoms with Crippen molar-refractivity contribution in [2.24, 2.45) is 11.8 Å². The molecule has 110 valence electrons. The molecule has 2 rings (SSSR count). The van der Waals surface area contributed by atoms with E-state index in [-0.39, 0.29) is 31.0 Å². The zero-order valence-corrected chi connectivity index (χ0v) is 11.9. The number of hydrogen-bond acceptors (Lipinski definition) is 3. The number of Topliss-reactive ketones (excluding diaryl/α,β-unsaturated/α-hetero) is 1. The molecule has 2 aliphatic carbocycles. The van der Waals surface area contributed by atoms with Gasteiger partial charge in [0.05, 0.1) is 5.25 Å². The van der Waals surface area contributed by atoms with Crippen LogP contribution in [-0.2, 0) is 14.6 Å². The molecule has 2 aliphatic rings. The van der Waals surface area contributed by atoms with Gasteiger partial charge in [0.2, 0.25) is 5.92 Å². The second-order valence-electron chi connectivity index (χ2n) is 6.01. The van der Waals surface area contributed by atoms with E-state index in [0.717, 1.165) is 0 Å². The van der Waals surface area contributed by atoms with Gasteiger partial charge in [0.25, 0.3) is 0 Å². The summed E-state index contributed by atoms with van der Waals surface area (Å²) in [6.45, 7) is 0. The molecule has 2 fully saturated rings. The maximum Gasteiger partial charge on any atom is 0.248 e. The number of sulfone groups is 1. The Morgan fingerprint density at radius 3 is 2.37 bits per heavy atom. The molecule has 0 aromatic heterocycles. The lowest BCUT2D eigenvalue weighted by Gasteiger charge is -2.28. The van der Waals surface area contributed by atoms with Gasteiger partial charge in [0.15, 0.2) is 0 Å². The smallest absolute Gasteiger partial charge is 0.248 e. The summed E-state index contributed by atoms with van der Waals surface area (Å²) in [4.78, 5) is 12.2. The summed E-state index contributed by atoms with van der Waals surface area (Å²) in [5, 5.41) is -0.475. The van der Waals surface area contributed by atoms with Crippen molar-refractivity contribution in [1.29, 1.82) is 0 Å². The highest BCUT2D eigenvalue weighted by Gasteiger charge is 2.45. The Kier molecular flexibility index (Phi) is 4.00. The summed E-state index contributed by atoms with van der Waals surface area (Å²) in [6, 6.07) is 0. The summed E-state index contributed by atoms with van der Waals surface area (Å²) in [5.41, 5.74) is 0. The van der Waals surface area contributed by atoms with Gasteiger partial charge in [-0.3, -0.25) is 4.79 Å². The molecule has 0 radical (unpaired) electrons. The van der Waals surface area contributed by atoms with Crippen LogP contribution in [0, 0.1) is 11.8 Å². The number of carbonyl (C=O) groups is 1. The number of rotatable bonds is 3. The highest BCUT2D eigenvalue weighted by atomic mass is 32.2. The molecule has 0 N–H and O–H groups in total. The van der Waals surface area contributed by atoms with Crippen molar-refractivity contribution in [3.8, 4) is 0 Å². The van der Waals surface area contributed by atoms with Crippen LogP contribution in [0.2, 0.25) is 0 Å². The van der Waals surface area contributed by atoms with Gasteiger partial charge in [-0.25, -0.2) is 17.2 Å². The number of carbonyl (C=O) groups excluding carboxylic acids is 1. The van der Waals surface area contributed by atoms with E-state index in [4.69, 9.17) is 0 Å². The molecular weight excluding hydrogens is 274 g/mol. The average molecular weight is 294 g/mol. The second kappa shape index (κ2) is 5.11. The van der Waals surface area contributed by atoms with Crippen molar-refractivity contribution < 1.29 is 22.0 Å². The molecule has 3 atom stereocenters. The zero-order valence-electron chi connectivity index (χ0n) is 11.1. The molecule has 19 heavy (non-hydrogen) atoms. The molecule has 0 heterocycles. The minimum absolute atomic E-state index is 0.134. The second-order valence-corrected chi connectivity index (χ2v) is 8.34. The summed E-state index contributed by atoms with van der Waals surface area (Å²) in [6.07, 6.45) is 3.10. The maximum atomic E-state index is 13.1. The molecule has 6 heteroatoms. The van der Waals surface area contributed by atoms with Gasteiger partial charge in [-0.05, 0) is 25.7 Å². The fraction of sp³-hybridized carbons (Fsp3) is 0.923. The van der Waals surface area contributed by atoms with Crippen LogP contribution in [0.15, 0.2) is 0 Å². The van der Waals surface area contributed by atoms with Gasteiger partial charge in [-0.1, -0.05) is 6.42 Å². The molecule has 2 saturated carbocycles. The fourth-order valence-corrected chi connectivity index (χ4v) is 4.50. The van der Waals surface area contributed by atoms with Crippen molar-refractivity contribution >= 4 is 15.6 Å². The van der Waals surface area contributed by atoms with E-state index in [0.29, 0.717) is 25.7 Å². The number of hydrogen-bond donors (Lipinski definition) is 0. The normalized spacial score (nSPS) is 35.2. The van der Waals surface area contributed by atoms with E-state index < -0.39 is 26.9 Å². The molecule has 0 amide bonds. The van der Waals surface area contributed by atoms with Crippen molar-refractivity contribution in [2.45, 2.75) is 56.1 Å². The predicted molar refractivity (Wildman–Crippen MR) is 67.9 cm³/mol. The lowest BCUT2D eigenvalue weighted by molar-refractivity contribution is -0.128. The molecule has 0 saturated heterocycles. The molecule has 0 aromatic carbocycles. The van der Waals surface area contributed by atoms with E-state index >= 15 is 0 Å². The van der Waals surface area contributed by atoms with E-state index in [2.05, 4.69) is 0 Å². The van der Waals surface area contributed by atoms with Crippen LogP contribution in [-0.4, -0.2) is 31.6 Å². The van der Waals surface area contributed by atoms with Gasteiger partial charge >= 0.3 is 0 Å². The largest absolute Gasteiger partial charge is 0.299 e. The van der Waals surface area contributed by atoms with Gasteiger partial charge in [-0.2, -0.15) is 0 Å². The molecule has 0 bridgehead atoms. The minimum Gasteiger partial charge on any atom is -0.299 e. The molecule has 0 aromatic rings. The van der Waals surface area contributed by atoms with E-state index in [1.165, 1.54) is 6.26 Å². The lowest BCUT2D eigenvalue weighted by atomic mass is 9.81. The lowest BCUT2D eigenvalue weighted by Crippen LogP contribution is -2.33. The maximum absolute atomic E-state index is 13.1. The Labute approximate surface area is 112 Å². The van der Waals surface area contributed by atoms with Crippen LogP contribution in [0.4, 0.5) is 8.78 Å². The summed E-state index contributed by atoms with van der Waals surface area (Å²) in [7, 11) is -3.14. The van der Waals surface area contributed by atoms with Gasteiger partial charge in [0.1, 0.15) is 15.6 Å². The summed E-state index contributed by atoms with van der Waals surface area (Å²) in [5.74, 6) is -3.76. The Morgan fingerprint density at radius 1 is 1.16 bits per heavy atom. The zero-order chi connectivity index (χ0) is 14.3. The van der Waals surface area contributed by atoms with Crippen LogP contribution >= 0.6 is 0 Å². The summed E-state index contributed by atoms with van der Waals surface area (Å²) < 4.78 is 49.4. The first-order valence-corrected chi connectivity index (χ1v) is 8.75. The van der Waals surface area contributed by atoms with Crippen molar-refractivity contribution in [3.63, 3.8) is 0 Å². The van der Waals surface area contributed by atoms with Crippen molar-refractivity contribution in [1.82, 2.24) is 0 Å². The monoisotopic (exact) mass is 294 g/mol. The highest BCUT2D eigenvalue weighted by Crippen LogP contribution is 2.42. The van der Waals surface area contributed by atoms with Crippen LogP contribution < -0.4 is 0 Å².